The number of thiophene rings is 1. The fraction of sp³-hybridized carbons (Fsp3) is 0.100. The fourth-order valence-electron chi connectivity index (χ4n) is 4.06. The van der Waals surface area contributed by atoms with Crippen LogP contribution >= 0.6 is 11.3 Å². The molecule has 7 heteroatoms. The van der Waals surface area contributed by atoms with Gasteiger partial charge in [0.05, 0.1) is 25.6 Å². The first-order valence-corrected chi connectivity index (χ1v) is 12.6. The molecule has 5 rings (SSSR count). The van der Waals surface area contributed by atoms with E-state index in [2.05, 4.69) is 28.8 Å². The molecule has 1 aromatic heterocycles. The smallest absolute Gasteiger partial charge is 0.255 e. The van der Waals surface area contributed by atoms with Gasteiger partial charge in [-0.05, 0) is 65.0 Å². The molecule has 1 amide bonds. The second-order valence-electron chi connectivity index (χ2n) is 8.52. The summed E-state index contributed by atoms with van der Waals surface area (Å²) in [6.07, 6.45) is 0. The lowest BCUT2D eigenvalue weighted by Crippen LogP contribution is -2.13. The van der Waals surface area contributed by atoms with Gasteiger partial charge in [-0.25, -0.2) is 0 Å². The van der Waals surface area contributed by atoms with Crippen molar-refractivity contribution in [2.24, 2.45) is 0 Å². The van der Waals surface area contributed by atoms with E-state index in [0.29, 0.717) is 35.0 Å². The molecule has 0 radical (unpaired) electrons. The van der Waals surface area contributed by atoms with Gasteiger partial charge >= 0.3 is 0 Å². The number of nitrogen functional groups attached to an aromatic ring is 1. The lowest BCUT2D eigenvalue weighted by molar-refractivity contribution is 0.102. The number of carbonyl (C=O) groups is 1. The van der Waals surface area contributed by atoms with Gasteiger partial charge in [-0.15, -0.1) is 11.3 Å². The Labute approximate surface area is 219 Å². The summed E-state index contributed by atoms with van der Waals surface area (Å²) in [5.74, 6) is 1.13. The maximum Gasteiger partial charge on any atom is 0.255 e. The molecule has 186 valence electrons. The van der Waals surface area contributed by atoms with Crippen LogP contribution in [0.4, 0.5) is 17.1 Å². The quantitative estimate of drug-likeness (QED) is 0.196. The molecule has 6 nitrogen and oxygen atoms in total. The molecule has 0 saturated heterocycles. The van der Waals surface area contributed by atoms with Gasteiger partial charge in [0.2, 0.25) is 0 Å². The molecule has 0 aliphatic rings. The zero-order valence-corrected chi connectivity index (χ0v) is 21.4. The van der Waals surface area contributed by atoms with E-state index in [1.54, 1.807) is 25.6 Å². The van der Waals surface area contributed by atoms with Crippen molar-refractivity contribution in [2.45, 2.75) is 6.54 Å². The zero-order chi connectivity index (χ0) is 25.8. The average Bonchev–Trinajstić information content (AvgIpc) is 3.37. The lowest BCUT2D eigenvalue weighted by Gasteiger charge is -2.12. The highest BCUT2D eigenvalue weighted by Gasteiger charge is 2.12. The predicted molar refractivity (Wildman–Crippen MR) is 153 cm³/mol. The molecule has 0 aliphatic heterocycles. The summed E-state index contributed by atoms with van der Waals surface area (Å²) in [4.78, 5) is 14.1. The van der Waals surface area contributed by atoms with Crippen LogP contribution in [0.15, 0.2) is 91.0 Å². The first-order chi connectivity index (χ1) is 18.0. The van der Waals surface area contributed by atoms with E-state index in [-0.39, 0.29) is 5.91 Å². The van der Waals surface area contributed by atoms with Gasteiger partial charge in [-0.3, -0.25) is 4.79 Å². The van der Waals surface area contributed by atoms with Crippen molar-refractivity contribution in [2.75, 3.05) is 30.6 Å². The number of amides is 1. The number of anilines is 3. The molecular formula is C30H27N3O3S. The Hall–Kier alpha value is -4.49. The van der Waals surface area contributed by atoms with Gasteiger partial charge in [-0.2, -0.15) is 0 Å². The van der Waals surface area contributed by atoms with Crippen molar-refractivity contribution in [3.05, 3.63) is 102 Å². The van der Waals surface area contributed by atoms with E-state index >= 15 is 0 Å². The number of ether oxygens (including phenoxy) is 2. The summed E-state index contributed by atoms with van der Waals surface area (Å²) in [6.45, 7) is 0.599. The Morgan fingerprint density at radius 1 is 0.865 bits per heavy atom. The molecule has 0 unspecified atom stereocenters. The Balaban J connectivity index is 1.26. The molecule has 0 saturated carbocycles. The van der Waals surface area contributed by atoms with Gasteiger partial charge in [0, 0.05) is 33.4 Å². The molecule has 1 heterocycles. The molecule has 0 fully saturated rings. The molecule has 4 aromatic carbocycles. The fourth-order valence-corrected chi connectivity index (χ4v) is 5.12. The zero-order valence-electron chi connectivity index (χ0n) is 20.6. The number of rotatable bonds is 8. The Morgan fingerprint density at radius 3 is 2.41 bits per heavy atom. The third-order valence-electron chi connectivity index (χ3n) is 6.11. The van der Waals surface area contributed by atoms with Crippen molar-refractivity contribution in [1.82, 2.24) is 0 Å². The summed E-state index contributed by atoms with van der Waals surface area (Å²) in [6, 6.07) is 29.3. The highest BCUT2D eigenvalue weighted by Crippen LogP contribution is 2.36. The first kappa shape index (κ1) is 24.2. The molecule has 0 bridgehead atoms. The van der Waals surface area contributed by atoms with Gasteiger partial charge in [-0.1, -0.05) is 36.4 Å². The minimum atomic E-state index is -0.209. The molecule has 4 N–H and O–H groups in total. The minimum absolute atomic E-state index is 0.209. The van der Waals surface area contributed by atoms with Crippen LogP contribution in [0.5, 0.6) is 11.5 Å². The maximum atomic E-state index is 13.0. The molecule has 0 spiro atoms. The van der Waals surface area contributed by atoms with E-state index in [1.165, 1.54) is 10.1 Å². The number of methoxy groups -OCH3 is 2. The monoisotopic (exact) mass is 509 g/mol. The van der Waals surface area contributed by atoms with E-state index in [4.69, 9.17) is 15.2 Å². The summed E-state index contributed by atoms with van der Waals surface area (Å²) < 4.78 is 11.9. The number of hydrogen-bond acceptors (Lipinski definition) is 6. The maximum absolute atomic E-state index is 13.0. The largest absolute Gasteiger partial charge is 0.493 e. The Morgan fingerprint density at radius 2 is 1.65 bits per heavy atom. The minimum Gasteiger partial charge on any atom is -0.493 e. The number of hydrogen-bond donors (Lipinski definition) is 3. The third-order valence-corrected chi connectivity index (χ3v) is 7.27. The van der Waals surface area contributed by atoms with Crippen molar-refractivity contribution in [3.8, 4) is 21.9 Å². The van der Waals surface area contributed by atoms with Crippen molar-refractivity contribution >= 4 is 44.4 Å². The van der Waals surface area contributed by atoms with Crippen LogP contribution in [0.3, 0.4) is 0 Å². The molecular weight excluding hydrogens is 482 g/mol. The van der Waals surface area contributed by atoms with Crippen LogP contribution in [0.1, 0.15) is 15.9 Å². The third kappa shape index (κ3) is 5.37. The SMILES string of the molecule is COc1ccc(NCc2ccc(C(=O)Nc3cc(-c4cc5ccccc5s4)ccc3N)cc2)cc1OC. The van der Waals surface area contributed by atoms with Crippen LogP contribution in [-0.4, -0.2) is 20.1 Å². The van der Waals surface area contributed by atoms with Crippen LogP contribution in [0, 0.1) is 0 Å². The van der Waals surface area contributed by atoms with Gasteiger partial charge in [0.25, 0.3) is 5.91 Å². The van der Waals surface area contributed by atoms with Crippen LogP contribution < -0.4 is 25.8 Å². The van der Waals surface area contributed by atoms with Crippen LogP contribution in [0.2, 0.25) is 0 Å². The van der Waals surface area contributed by atoms with Crippen molar-refractivity contribution in [1.29, 1.82) is 0 Å². The van der Waals surface area contributed by atoms with E-state index in [1.807, 2.05) is 72.8 Å². The molecule has 37 heavy (non-hydrogen) atoms. The number of fused-ring (bicyclic) bond motifs is 1. The second-order valence-corrected chi connectivity index (χ2v) is 9.61. The number of carbonyl (C=O) groups excluding carboxylic acids is 1. The van der Waals surface area contributed by atoms with Crippen LogP contribution in [-0.2, 0) is 6.54 Å². The van der Waals surface area contributed by atoms with Gasteiger partial charge in [0.1, 0.15) is 0 Å². The Bertz CT molecular complexity index is 1530. The van der Waals surface area contributed by atoms with Crippen molar-refractivity contribution in [3.63, 3.8) is 0 Å². The van der Waals surface area contributed by atoms with E-state index in [0.717, 1.165) is 21.7 Å². The number of nitrogens with one attached hydrogen (secondary N) is 2. The van der Waals surface area contributed by atoms with Gasteiger partial charge < -0.3 is 25.8 Å². The number of nitrogens with two attached hydrogens (primary N) is 1. The number of benzene rings is 4. The highest BCUT2D eigenvalue weighted by molar-refractivity contribution is 7.22. The summed E-state index contributed by atoms with van der Waals surface area (Å²) in [7, 11) is 3.22. The predicted octanol–water partition coefficient (Wildman–Crippen LogP) is 7.03. The molecule has 0 aliphatic carbocycles. The standard InChI is InChI=1S/C30H27N3O3S/c1-35-26-14-12-23(17-27(26)36-2)32-18-19-7-9-20(10-8-19)30(34)33-25-15-22(11-13-24(25)31)29-16-21-5-3-4-6-28(21)37-29/h3-17,32H,18,31H2,1-2H3,(H,33,34). The highest BCUT2D eigenvalue weighted by atomic mass is 32.1. The first-order valence-electron chi connectivity index (χ1n) is 11.8. The van der Waals surface area contributed by atoms with Crippen LogP contribution in [0.25, 0.3) is 20.5 Å². The average molecular weight is 510 g/mol. The lowest BCUT2D eigenvalue weighted by atomic mass is 10.1. The molecule has 5 aromatic rings. The van der Waals surface area contributed by atoms with Gasteiger partial charge in [0.15, 0.2) is 11.5 Å². The van der Waals surface area contributed by atoms with Crippen molar-refractivity contribution < 1.29 is 14.3 Å². The normalized spacial score (nSPS) is 10.8. The Kier molecular flexibility index (Phi) is 6.96. The summed E-state index contributed by atoms with van der Waals surface area (Å²) in [5.41, 5.74) is 10.8. The topological polar surface area (TPSA) is 85.6 Å². The van der Waals surface area contributed by atoms with E-state index < -0.39 is 0 Å². The van der Waals surface area contributed by atoms with E-state index in [9.17, 15) is 4.79 Å². The summed E-state index contributed by atoms with van der Waals surface area (Å²) in [5, 5.41) is 7.53. The summed E-state index contributed by atoms with van der Waals surface area (Å²) >= 11 is 1.72. The molecule has 0 atom stereocenters. The second kappa shape index (κ2) is 10.6.